The maximum Gasteiger partial charge on any atom is 0.126 e. The summed E-state index contributed by atoms with van der Waals surface area (Å²) in [5.74, 6) is 1.72. The number of hydrogen-bond acceptors (Lipinski definition) is 3. The Morgan fingerprint density at radius 2 is 2.32 bits per heavy atom. The molecule has 1 aliphatic rings. The van der Waals surface area contributed by atoms with Crippen molar-refractivity contribution in [3.63, 3.8) is 0 Å². The molecule has 0 amide bonds. The van der Waals surface area contributed by atoms with E-state index >= 15 is 0 Å². The first kappa shape index (κ1) is 14.5. The van der Waals surface area contributed by atoms with Gasteiger partial charge in [-0.1, -0.05) is 20.8 Å². The summed E-state index contributed by atoms with van der Waals surface area (Å²) in [6.45, 7) is 9.48. The third-order valence-electron chi connectivity index (χ3n) is 4.01. The van der Waals surface area contributed by atoms with Gasteiger partial charge in [0.05, 0.1) is 12.1 Å². The minimum atomic E-state index is 0.319. The molecule has 4 nitrogen and oxygen atoms in total. The Bertz CT molecular complexity index is 377. The van der Waals surface area contributed by atoms with Gasteiger partial charge >= 0.3 is 0 Å². The van der Waals surface area contributed by atoms with Gasteiger partial charge in [-0.3, -0.25) is 0 Å². The van der Waals surface area contributed by atoms with Crippen molar-refractivity contribution in [1.82, 2.24) is 14.9 Å². The second-order valence-corrected chi connectivity index (χ2v) is 5.28. The van der Waals surface area contributed by atoms with Gasteiger partial charge in [0, 0.05) is 31.5 Å². The van der Waals surface area contributed by atoms with Gasteiger partial charge in [0.1, 0.15) is 5.82 Å². The minimum absolute atomic E-state index is 0.319. The average Bonchev–Trinajstić information content (AvgIpc) is 3.05. The van der Waals surface area contributed by atoms with E-state index in [4.69, 9.17) is 4.74 Å². The molecule has 0 aliphatic carbocycles. The monoisotopic (exact) mass is 265 g/mol. The third kappa shape index (κ3) is 3.18. The molecular formula is C15H27N3O. The molecule has 2 rings (SSSR count). The second kappa shape index (κ2) is 7.06. The Balaban J connectivity index is 2.21. The Kier molecular flexibility index (Phi) is 5.40. The molecule has 0 saturated carbocycles. The predicted molar refractivity (Wildman–Crippen MR) is 77.1 cm³/mol. The van der Waals surface area contributed by atoms with E-state index < -0.39 is 0 Å². The highest BCUT2D eigenvalue weighted by Crippen LogP contribution is 2.34. The van der Waals surface area contributed by atoms with E-state index in [-0.39, 0.29) is 0 Å². The topological polar surface area (TPSA) is 39.1 Å². The summed E-state index contributed by atoms with van der Waals surface area (Å²) in [5.41, 5.74) is 0. The molecule has 0 spiro atoms. The fraction of sp³-hybridized carbons (Fsp3) is 0.800. The van der Waals surface area contributed by atoms with Crippen molar-refractivity contribution in [2.45, 2.75) is 58.7 Å². The summed E-state index contributed by atoms with van der Waals surface area (Å²) in [6.07, 6.45) is 7.75. The van der Waals surface area contributed by atoms with Crippen LogP contribution < -0.4 is 5.32 Å². The highest BCUT2D eigenvalue weighted by molar-refractivity contribution is 5.04. The standard InChI is InChI=1S/C15H27N3O/c1-4-9-18-10-8-17-15(18)14(16-6-3)12-7-11-19-13(12)5-2/h8,10,12-14,16H,4-7,9,11H2,1-3H3. The van der Waals surface area contributed by atoms with Crippen molar-refractivity contribution in [2.24, 2.45) is 5.92 Å². The lowest BCUT2D eigenvalue weighted by molar-refractivity contribution is 0.0762. The Hall–Kier alpha value is -0.870. The largest absolute Gasteiger partial charge is 0.378 e. The lowest BCUT2D eigenvalue weighted by Gasteiger charge is -2.28. The molecule has 1 aromatic heterocycles. The van der Waals surface area contributed by atoms with Gasteiger partial charge in [0.25, 0.3) is 0 Å². The number of rotatable bonds is 7. The average molecular weight is 265 g/mol. The summed E-state index contributed by atoms with van der Waals surface area (Å²) in [7, 11) is 0. The Morgan fingerprint density at radius 1 is 1.47 bits per heavy atom. The first-order valence-electron chi connectivity index (χ1n) is 7.67. The van der Waals surface area contributed by atoms with Crippen LogP contribution in [0.2, 0.25) is 0 Å². The number of imidazole rings is 1. The number of aryl methyl sites for hydroxylation is 1. The number of nitrogens with one attached hydrogen (secondary N) is 1. The zero-order valence-electron chi connectivity index (χ0n) is 12.4. The Morgan fingerprint density at radius 3 is 3.00 bits per heavy atom. The summed E-state index contributed by atoms with van der Waals surface area (Å²) in [5, 5.41) is 3.63. The van der Waals surface area contributed by atoms with Gasteiger partial charge in [-0.15, -0.1) is 0 Å². The molecule has 108 valence electrons. The molecule has 0 radical (unpaired) electrons. The van der Waals surface area contributed by atoms with Crippen LogP contribution >= 0.6 is 0 Å². The fourth-order valence-corrected chi connectivity index (χ4v) is 3.15. The van der Waals surface area contributed by atoms with Crippen molar-refractivity contribution in [3.8, 4) is 0 Å². The molecule has 3 atom stereocenters. The molecule has 1 fully saturated rings. The van der Waals surface area contributed by atoms with Crippen LogP contribution in [0.5, 0.6) is 0 Å². The fourth-order valence-electron chi connectivity index (χ4n) is 3.15. The molecule has 1 aliphatic heterocycles. The number of nitrogens with zero attached hydrogens (tertiary/aromatic N) is 2. The number of ether oxygens (including phenoxy) is 1. The van der Waals surface area contributed by atoms with E-state index in [2.05, 4.69) is 41.8 Å². The van der Waals surface area contributed by atoms with Crippen LogP contribution in [0.1, 0.15) is 51.9 Å². The van der Waals surface area contributed by atoms with Crippen LogP contribution in [0.4, 0.5) is 0 Å². The minimum Gasteiger partial charge on any atom is -0.378 e. The highest BCUT2D eigenvalue weighted by Gasteiger charge is 2.35. The van der Waals surface area contributed by atoms with E-state index in [1.807, 2.05) is 6.20 Å². The van der Waals surface area contributed by atoms with E-state index in [9.17, 15) is 0 Å². The zero-order valence-corrected chi connectivity index (χ0v) is 12.4. The van der Waals surface area contributed by atoms with Crippen LogP contribution in [0.15, 0.2) is 12.4 Å². The summed E-state index contributed by atoms with van der Waals surface area (Å²) in [4.78, 5) is 4.61. The highest BCUT2D eigenvalue weighted by atomic mass is 16.5. The molecule has 1 saturated heterocycles. The molecular weight excluding hydrogens is 238 g/mol. The van der Waals surface area contributed by atoms with E-state index in [1.54, 1.807) is 0 Å². The van der Waals surface area contributed by atoms with Crippen molar-refractivity contribution in [3.05, 3.63) is 18.2 Å². The number of hydrogen-bond donors (Lipinski definition) is 1. The maximum absolute atomic E-state index is 5.86. The second-order valence-electron chi connectivity index (χ2n) is 5.28. The molecule has 1 aromatic rings. The van der Waals surface area contributed by atoms with Gasteiger partial charge < -0.3 is 14.6 Å². The van der Waals surface area contributed by atoms with Crippen molar-refractivity contribution in [2.75, 3.05) is 13.2 Å². The molecule has 1 N–H and O–H groups in total. The predicted octanol–water partition coefficient (Wildman–Crippen LogP) is 2.76. The SMILES string of the molecule is CCCn1ccnc1C(NCC)C1CCOC1CC. The molecule has 4 heteroatoms. The van der Waals surface area contributed by atoms with E-state index in [0.29, 0.717) is 18.1 Å². The van der Waals surface area contributed by atoms with Gasteiger partial charge in [0.2, 0.25) is 0 Å². The van der Waals surface area contributed by atoms with Crippen molar-refractivity contribution >= 4 is 0 Å². The van der Waals surface area contributed by atoms with Gasteiger partial charge in [-0.25, -0.2) is 4.98 Å². The third-order valence-corrected chi connectivity index (χ3v) is 4.01. The van der Waals surface area contributed by atoms with Crippen LogP contribution in [0.3, 0.4) is 0 Å². The van der Waals surface area contributed by atoms with Crippen LogP contribution in [-0.4, -0.2) is 28.8 Å². The quantitative estimate of drug-likeness (QED) is 0.824. The Labute approximate surface area is 116 Å². The summed E-state index contributed by atoms with van der Waals surface area (Å²) < 4.78 is 8.15. The summed E-state index contributed by atoms with van der Waals surface area (Å²) in [6, 6.07) is 0.319. The molecule has 2 heterocycles. The molecule has 19 heavy (non-hydrogen) atoms. The van der Waals surface area contributed by atoms with Gasteiger partial charge in [0.15, 0.2) is 0 Å². The van der Waals surface area contributed by atoms with Crippen LogP contribution in [0, 0.1) is 5.92 Å². The van der Waals surface area contributed by atoms with Crippen LogP contribution in [0.25, 0.3) is 0 Å². The van der Waals surface area contributed by atoms with Crippen molar-refractivity contribution < 1.29 is 4.74 Å². The zero-order chi connectivity index (χ0) is 13.7. The summed E-state index contributed by atoms with van der Waals surface area (Å²) >= 11 is 0. The number of aromatic nitrogens is 2. The van der Waals surface area contributed by atoms with Gasteiger partial charge in [-0.05, 0) is 25.8 Å². The first-order valence-corrected chi connectivity index (χ1v) is 7.67. The first-order chi connectivity index (χ1) is 9.31. The normalized spacial score (nSPS) is 24.8. The maximum atomic E-state index is 5.86. The van der Waals surface area contributed by atoms with Crippen LogP contribution in [-0.2, 0) is 11.3 Å². The smallest absolute Gasteiger partial charge is 0.126 e. The molecule has 0 aromatic carbocycles. The molecule has 0 bridgehead atoms. The molecule has 3 unspecified atom stereocenters. The van der Waals surface area contributed by atoms with Gasteiger partial charge in [-0.2, -0.15) is 0 Å². The lowest BCUT2D eigenvalue weighted by Crippen LogP contribution is -2.34. The van der Waals surface area contributed by atoms with Crippen molar-refractivity contribution in [1.29, 1.82) is 0 Å². The van der Waals surface area contributed by atoms with E-state index in [1.165, 1.54) is 5.82 Å². The lowest BCUT2D eigenvalue weighted by atomic mass is 9.90. The van der Waals surface area contributed by atoms with E-state index in [0.717, 1.165) is 39.0 Å².